The standard InChI is InChI=1S/C16H13F2NO3/c1-2-19-15(20)11-5-3-9(8-14(11)18)12-7-10(16(21)22)4-6-13(12)17/h3-8H,2H2,1H3,(H,19,20)(H,21,22). The largest absolute Gasteiger partial charge is 0.478 e. The predicted molar refractivity (Wildman–Crippen MR) is 76.8 cm³/mol. The molecule has 0 saturated heterocycles. The van der Waals surface area contributed by atoms with E-state index in [2.05, 4.69) is 5.32 Å². The Labute approximate surface area is 125 Å². The molecule has 0 heterocycles. The van der Waals surface area contributed by atoms with Gasteiger partial charge < -0.3 is 10.4 Å². The van der Waals surface area contributed by atoms with Gasteiger partial charge in [-0.3, -0.25) is 4.79 Å². The molecule has 0 unspecified atom stereocenters. The number of nitrogens with one attached hydrogen (secondary N) is 1. The highest BCUT2D eigenvalue weighted by molar-refractivity contribution is 5.95. The topological polar surface area (TPSA) is 66.4 Å². The fourth-order valence-corrected chi connectivity index (χ4v) is 2.00. The van der Waals surface area contributed by atoms with Gasteiger partial charge in [0.2, 0.25) is 0 Å². The molecule has 0 aliphatic heterocycles. The molecule has 2 N–H and O–H groups in total. The molecule has 0 saturated carbocycles. The second kappa shape index (κ2) is 6.34. The van der Waals surface area contributed by atoms with Crippen LogP contribution in [0.2, 0.25) is 0 Å². The van der Waals surface area contributed by atoms with Crippen LogP contribution in [0.1, 0.15) is 27.6 Å². The lowest BCUT2D eigenvalue weighted by molar-refractivity contribution is 0.0696. The van der Waals surface area contributed by atoms with E-state index >= 15 is 0 Å². The SMILES string of the molecule is CCNC(=O)c1ccc(-c2cc(C(=O)O)ccc2F)cc1F. The van der Waals surface area contributed by atoms with Crippen molar-refractivity contribution >= 4 is 11.9 Å². The van der Waals surface area contributed by atoms with Gasteiger partial charge in [-0.1, -0.05) is 6.07 Å². The van der Waals surface area contributed by atoms with E-state index in [4.69, 9.17) is 5.11 Å². The van der Waals surface area contributed by atoms with E-state index < -0.39 is 23.5 Å². The highest BCUT2D eigenvalue weighted by Crippen LogP contribution is 2.26. The number of halogens is 2. The van der Waals surface area contributed by atoms with Gasteiger partial charge in [-0.05, 0) is 42.8 Å². The number of rotatable bonds is 4. The Morgan fingerprint density at radius 1 is 1.09 bits per heavy atom. The molecule has 0 aliphatic carbocycles. The Kier molecular flexibility index (Phi) is 4.50. The third kappa shape index (κ3) is 3.11. The number of aromatic carboxylic acids is 1. The van der Waals surface area contributed by atoms with Crippen LogP contribution >= 0.6 is 0 Å². The molecule has 114 valence electrons. The van der Waals surface area contributed by atoms with E-state index in [1.54, 1.807) is 6.92 Å². The number of hydrogen-bond donors (Lipinski definition) is 2. The van der Waals surface area contributed by atoms with E-state index in [0.29, 0.717) is 6.54 Å². The molecule has 1 amide bonds. The highest BCUT2D eigenvalue weighted by atomic mass is 19.1. The quantitative estimate of drug-likeness (QED) is 0.912. The average Bonchev–Trinajstić information content (AvgIpc) is 2.47. The number of carbonyl (C=O) groups is 2. The van der Waals surface area contributed by atoms with Gasteiger partial charge >= 0.3 is 5.97 Å². The molecule has 0 bridgehead atoms. The first-order valence-electron chi connectivity index (χ1n) is 6.55. The van der Waals surface area contributed by atoms with E-state index in [0.717, 1.165) is 24.3 Å². The van der Waals surface area contributed by atoms with Gasteiger partial charge in [-0.25, -0.2) is 13.6 Å². The monoisotopic (exact) mass is 305 g/mol. The van der Waals surface area contributed by atoms with Gasteiger partial charge in [0.1, 0.15) is 11.6 Å². The minimum Gasteiger partial charge on any atom is -0.478 e. The zero-order valence-electron chi connectivity index (χ0n) is 11.7. The lowest BCUT2D eigenvalue weighted by atomic mass is 10.0. The molecule has 0 aromatic heterocycles. The maximum atomic E-state index is 14.0. The number of carbonyl (C=O) groups excluding carboxylic acids is 1. The molecule has 2 aromatic rings. The number of benzene rings is 2. The summed E-state index contributed by atoms with van der Waals surface area (Å²) >= 11 is 0. The molecule has 2 rings (SSSR count). The lowest BCUT2D eigenvalue weighted by Gasteiger charge is -2.08. The normalized spacial score (nSPS) is 10.3. The van der Waals surface area contributed by atoms with Crippen LogP contribution in [-0.4, -0.2) is 23.5 Å². The van der Waals surface area contributed by atoms with Gasteiger partial charge in [0.15, 0.2) is 0 Å². The smallest absolute Gasteiger partial charge is 0.335 e. The number of carboxylic acid groups (broad SMARTS) is 1. The first-order chi connectivity index (χ1) is 10.4. The van der Waals surface area contributed by atoms with Crippen molar-refractivity contribution in [2.75, 3.05) is 6.54 Å². The molecular weight excluding hydrogens is 292 g/mol. The highest BCUT2D eigenvalue weighted by Gasteiger charge is 2.15. The Balaban J connectivity index is 2.46. The fourth-order valence-electron chi connectivity index (χ4n) is 2.00. The summed E-state index contributed by atoms with van der Waals surface area (Å²) in [5, 5.41) is 11.4. The molecule has 0 fully saturated rings. The van der Waals surface area contributed by atoms with Crippen molar-refractivity contribution in [3.05, 3.63) is 59.2 Å². The first-order valence-corrected chi connectivity index (χ1v) is 6.55. The summed E-state index contributed by atoms with van der Waals surface area (Å²) in [6.45, 7) is 2.06. The minimum absolute atomic E-state index is 0.0405. The van der Waals surface area contributed by atoms with Crippen molar-refractivity contribution < 1.29 is 23.5 Å². The van der Waals surface area contributed by atoms with Crippen LogP contribution in [0.25, 0.3) is 11.1 Å². The molecule has 0 aliphatic rings. The van der Waals surface area contributed by atoms with E-state index in [9.17, 15) is 18.4 Å². The zero-order valence-corrected chi connectivity index (χ0v) is 11.7. The number of hydrogen-bond acceptors (Lipinski definition) is 2. The molecule has 6 heteroatoms. The maximum absolute atomic E-state index is 14.0. The van der Waals surface area contributed by atoms with Crippen molar-refractivity contribution in [2.45, 2.75) is 6.92 Å². The second-order valence-electron chi connectivity index (χ2n) is 4.55. The minimum atomic E-state index is -1.21. The van der Waals surface area contributed by atoms with E-state index in [1.165, 1.54) is 12.1 Å². The van der Waals surface area contributed by atoms with Crippen LogP contribution in [0, 0.1) is 11.6 Å². The molecule has 0 atom stereocenters. The van der Waals surface area contributed by atoms with Crippen molar-refractivity contribution in [1.82, 2.24) is 5.32 Å². The third-order valence-corrected chi connectivity index (χ3v) is 3.08. The van der Waals surface area contributed by atoms with Crippen LogP contribution < -0.4 is 5.32 Å². The summed E-state index contributed by atoms with van der Waals surface area (Å²) in [5.41, 5.74) is -0.141. The molecule has 4 nitrogen and oxygen atoms in total. The third-order valence-electron chi connectivity index (χ3n) is 3.08. The maximum Gasteiger partial charge on any atom is 0.335 e. The molecule has 2 aromatic carbocycles. The summed E-state index contributed by atoms with van der Waals surface area (Å²) in [4.78, 5) is 22.5. The predicted octanol–water partition coefficient (Wildman–Crippen LogP) is 3.08. The second-order valence-corrected chi connectivity index (χ2v) is 4.55. The molecule has 22 heavy (non-hydrogen) atoms. The van der Waals surface area contributed by atoms with Crippen molar-refractivity contribution in [2.24, 2.45) is 0 Å². The number of carboxylic acids is 1. The zero-order chi connectivity index (χ0) is 16.3. The Hall–Kier alpha value is -2.76. The fraction of sp³-hybridized carbons (Fsp3) is 0.125. The van der Waals surface area contributed by atoms with Gasteiger partial charge in [0.25, 0.3) is 5.91 Å². The lowest BCUT2D eigenvalue weighted by Crippen LogP contribution is -2.23. The summed E-state index contributed by atoms with van der Waals surface area (Å²) in [6.07, 6.45) is 0. The molecular formula is C16H13F2NO3. The van der Waals surface area contributed by atoms with Gasteiger partial charge in [0.05, 0.1) is 11.1 Å². The first kappa shape index (κ1) is 15.6. The van der Waals surface area contributed by atoms with Crippen molar-refractivity contribution in [3.8, 4) is 11.1 Å². The summed E-state index contributed by atoms with van der Waals surface area (Å²) in [5.74, 6) is -3.24. The van der Waals surface area contributed by atoms with Crippen molar-refractivity contribution in [1.29, 1.82) is 0 Å². The summed E-state index contributed by atoms with van der Waals surface area (Å²) in [6, 6.07) is 6.88. The Morgan fingerprint density at radius 3 is 2.41 bits per heavy atom. The van der Waals surface area contributed by atoms with E-state index in [1.807, 2.05) is 0 Å². The van der Waals surface area contributed by atoms with Crippen LogP contribution in [0.15, 0.2) is 36.4 Å². The summed E-state index contributed by atoms with van der Waals surface area (Å²) in [7, 11) is 0. The Bertz CT molecular complexity index is 744. The van der Waals surface area contributed by atoms with Crippen LogP contribution in [0.3, 0.4) is 0 Å². The molecule has 0 spiro atoms. The van der Waals surface area contributed by atoms with Gasteiger partial charge in [-0.15, -0.1) is 0 Å². The number of amides is 1. The molecule has 0 radical (unpaired) electrons. The van der Waals surface area contributed by atoms with Gasteiger partial charge in [0, 0.05) is 12.1 Å². The van der Waals surface area contributed by atoms with Crippen LogP contribution in [-0.2, 0) is 0 Å². The van der Waals surface area contributed by atoms with Crippen molar-refractivity contribution in [3.63, 3.8) is 0 Å². The van der Waals surface area contributed by atoms with Crippen LogP contribution in [0.4, 0.5) is 8.78 Å². The summed E-state index contributed by atoms with van der Waals surface area (Å²) < 4.78 is 27.8. The van der Waals surface area contributed by atoms with Gasteiger partial charge in [-0.2, -0.15) is 0 Å². The Morgan fingerprint density at radius 2 is 1.82 bits per heavy atom. The van der Waals surface area contributed by atoms with E-state index in [-0.39, 0.29) is 22.3 Å². The van der Waals surface area contributed by atoms with Crippen LogP contribution in [0.5, 0.6) is 0 Å². The average molecular weight is 305 g/mol.